The van der Waals surface area contributed by atoms with Crippen LogP contribution in [-0.2, 0) is 7.05 Å². The fraction of sp³-hybridized carbons (Fsp3) is 0.423. The molecule has 28 heavy (non-hydrogen) atoms. The Kier molecular flexibility index (Phi) is 5.18. The number of pyridine rings is 1. The zero-order chi connectivity index (χ0) is 19.9. The highest BCUT2D eigenvalue weighted by atomic mass is 28.3. The SMILES string of the molecule is Cc1ccc(C)c(-c2c3ccc([Si](C)(C)C4CCCCC4)cc3cc[n+]2C)c1. The number of aromatic nitrogens is 1. The molecule has 1 heterocycles. The van der Waals surface area contributed by atoms with Gasteiger partial charge in [0.15, 0.2) is 6.20 Å². The van der Waals surface area contributed by atoms with Crippen LogP contribution >= 0.6 is 0 Å². The predicted molar refractivity (Wildman–Crippen MR) is 124 cm³/mol. The maximum Gasteiger partial charge on any atom is 0.220 e. The lowest BCUT2D eigenvalue weighted by molar-refractivity contribution is -0.659. The molecule has 0 unspecified atom stereocenters. The van der Waals surface area contributed by atoms with Gasteiger partial charge in [0.1, 0.15) is 7.05 Å². The van der Waals surface area contributed by atoms with Crippen LogP contribution in [0.5, 0.6) is 0 Å². The van der Waals surface area contributed by atoms with Gasteiger partial charge in [-0.25, -0.2) is 4.57 Å². The van der Waals surface area contributed by atoms with E-state index >= 15 is 0 Å². The van der Waals surface area contributed by atoms with E-state index in [0.29, 0.717) is 0 Å². The molecule has 1 aliphatic carbocycles. The van der Waals surface area contributed by atoms with Crippen molar-refractivity contribution in [2.45, 2.75) is 64.6 Å². The molecule has 4 rings (SSSR count). The fourth-order valence-electron chi connectivity index (χ4n) is 5.16. The average molecular weight is 389 g/mol. The van der Waals surface area contributed by atoms with Crippen LogP contribution in [0.25, 0.3) is 22.0 Å². The highest BCUT2D eigenvalue weighted by molar-refractivity contribution is 6.91. The summed E-state index contributed by atoms with van der Waals surface area (Å²) in [4.78, 5) is 0. The Balaban J connectivity index is 1.84. The van der Waals surface area contributed by atoms with Gasteiger partial charge < -0.3 is 0 Å². The van der Waals surface area contributed by atoms with Crippen molar-refractivity contribution in [2.24, 2.45) is 7.05 Å². The summed E-state index contributed by atoms with van der Waals surface area (Å²) in [5.41, 5.74) is 6.29. The molecule has 1 nitrogen and oxygen atoms in total. The van der Waals surface area contributed by atoms with Crippen molar-refractivity contribution in [2.75, 3.05) is 0 Å². The van der Waals surface area contributed by atoms with Crippen molar-refractivity contribution in [3.63, 3.8) is 0 Å². The Bertz CT molecular complexity index is 1010. The van der Waals surface area contributed by atoms with Crippen molar-refractivity contribution >= 4 is 24.0 Å². The fourth-order valence-corrected chi connectivity index (χ4v) is 8.52. The zero-order valence-corrected chi connectivity index (χ0v) is 19.2. The first kappa shape index (κ1) is 19.4. The maximum absolute atomic E-state index is 2.60. The number of rotatable bonds is 3. The Hall–Kier alpha value is -1.93. The lowest BCUT2D eigenvalue weighted by Gasteiger charge is -2.36. The van der Waals surface area contributed by atoms with Gasteiger partial charge in [-0.05, 0) is 42.5 Å². The van der Waals surface area contributed by atoms with E-state index in [-0.39, 0.29) is 0 Å². The van der Waals surface area contributed by atoms with Crippen LogP contribution in [0.2, 0.25) is 18.6 Å². The summed E-state index contributed by atoms with van der Waals surface area (Å²) in [5, 5.41) is 4.39. The molecule has 0 aliphatic heterocycles. The van der Waals surface area contributed by atoms with Crippen LogP contribution < -0.4 is 9.75 Å². The summed E-state index contributed by atoms with van der Waals surface area (Å²) in [5.74, 6) is 0. The second kappa shape index (κ2) is 7.48. The van der Waals surface area contributed by atoms with Crippen LogP contribution in [0.15, 0.2) is 48.7 Å². The van der Waals surface area contributed by atoms with Gasteiger partial charge in [-0.3, -0.25) is 0 Å². The lowest BCUT2D eigenvalue weighted by atomic mass is 9.98. The van der Waals surface area contributed by atoms with E-state index in [0.717, 1.165) is 5.54 Å². The lowest BCUT2D eigenvalue weighted by Crippen LogP contribution is -2.46. The van der Waals surface area contributed by atoms with Crippen molar-refractivity contribution in [3.8, 4) is 11.3 Å². The highest BCUT2D eigenvalue weighted by Gasteiger charge is 2.34. The van der Waals surface area contributed by atoms with Gasteiger partial charge in [0.25, 0.3) is 0 Å². The second-order valence-electron chi connectivity index (χ2n) is 9.45. The maximum atomic E-state index is 2.60. The molecule has 0 atom stereocenters. The third-order valence-electron chi connectivity index (χ3n) is 7.16. The molecule has 1 fully saturated rings. The summed E-state index contributed by atoms with van der Waals surface area (Å²) >= 11 is 0. The van der Waals surface area contributed by atoms with E-state index in [1.807, 2.05) is 0 Å². The largest absolute Gasteiger partial charge is 0.220 e. The third kappa shape index (κ3) is 3.43. The van der Waals surface area contributed by atoms with Gasteiger partial charge in [-0.1, -0.05) is 80.2 Å². The van der Waals surface area contributed by atoms with E-state index < -0.39 is 8.07 Å². The predicted octanol–water partition coefficient (Wildman–Crippen LogP) is 6.20. The third-order valence-corrected chi connectivity index (χ3v) is 11.6. The summed E-state index contributed by atoms with van der Waals surface area (Å²) in [6.45, 7) is 9.60. The Labute approximate surface area is 171 Å². The average Bonchev–Trinajstić information content (AvgIpc) is 2.70. The van der Waals surface area contributed by atoms with Gasteiger partial charge >= 0.3 is 0 Å². The van der Waals surface area contributed by atoms with Crippen LogP contribution in [0.3, 0.4) is 0 Å². The number of hydrogen-bond acceptors (Lipinski definition) is 0. The molecule has 0 radical (unpaired) electrons. The molecule has 0 bridgehead atoms. The number of aryl methyl sites for hydroxylation is 3. The monoisotopic (exact) mass is 388 g/mol. The van der Waals surface area contributed by atoms with Crippen LogP contribution in [-0.4, -0.2) is 8.07 Å². The van der Waals surface area contributed by atoms with E-state index in [4.69, 9.17) is 0 Å². The molecular formula is C26H34NSi+. The van der Waals surface area contributed by atoms with Gasteiger partial charge in [-0.15, -0.1) is 0 Å². The molecule has 0 amide bonds. The van der Waals surface area contributed by atoms with E-state index in [1.165, 1.54) is 65.3 Å². The second-order valence-corrected chi connectivity index (χ2v) is 14.3. The van der Waals surface area contributed by atoms with Gasteiger partial charge in [0.05, 0.1) is 13.5 Å². The van der Waals surface area contributed by atoms with E-state index in [9.17, 15) is 0 Å². The molecule has 0 spiro atoms. The van der Waals surface area contributed by atoms with Crippen molar-refractivity contribution in [1.82, 2.24) is 0 Å². The first-order valence-electron chi connectivity index (χ1n) is 10.9. The van der Waals surface area contributed by atoms with Gasteiger partial charge in [0, 0.05) is 11.6 Å². The molecule has 146 valence electrons. The number of benzene rings is 2. The summed E-state index contributed by atoms with van der Waals surface area (Å²) in [6.07, 6.45) is 9.42. The molecule has 1 aromatic heterocycles. The summed E-state index contributed by atoms with van der Waals surface area (Å²) < 4.78 is 2.29. The number of nitrogens with zero attached hydrogens (tertiary/aromatic N) is 1. The Morgan fingerprint density at radius 1 is 0.893 bits per heavy atom. The quantitative estimate of drug-likeness (QED) is 0.371. The minimum Gasteiger partial charge on any atom is -0.200 e. The topological polar surface area (TPSA) is 3.88 Å². The first-order valence-corrected chi connectivity index (χ1v) is 14.0. The highest BCUT2D eigenvalue weighted by Crippen LogP contribution is 2.37. The van der Waals surface area contributed by atoms with Crippen LogP contribution in [0.4, 0.5) is 0 Å². The van der Waals surface area contributed by atoms with Gasteiger partial charge in [0.2, 0.25) is 5.69 Å². The normalized spacial score (nSPS) is 15.9. The Morgan fingerprint density at radius 2 is 1.64 bits per heavy atom. The molecule has 0 N–H and O–H groups in total. The number of hydrogen-bond donors (Lipinski definition) is 0. The van der Waals surface area contributed by atoms with E-state index in [1.54, 1.807) is 5.19 Å². The molecule has 0 saturated heterocycles. The molecule has 2 aromatic carbocycles. The van der Waals surface area contributed by atoms with Crippen molar-refractivity contribution < 1.29 is 4.57 Å². The van der Waals surface area contributed by atoms with Crippen molar-refractivity contribution in [3.05, 3.63) is 59.8 Å². The summed E-state index contributed by atoms with van der Waals surface area (Å²) in [7, 11) is 0.739. The Morgan fingerprint density at radius 3 is 2.39 bits per heavy atom. The molecule has 1 saturated carbocycles. The smallest absolute Gasteiger partial charge is 0.200 e. The van der Waals surface area contributed by atoms with Crippen molar-refractivity contribution in [1.29, 1.82) is 0 Å². The number of fused-ring (bicyclic) bond motifs is 1. The van der Waals surface area contributed by atoms with Crippen LogP contribution in [0, 0.1) is 13.8 Å². The molecule has 2 heteroatoms. The van der Waals surface area contributed by atoms with Crippen LogP contribution in [0.1, 0.15) is 43.2 Å². The van der Waals surface area contributed by atoms with Gasteiger partial charge in [-0.2, -0.15) is 0 Å². The first-order chi connectivity index (χ1) is 13.4. The molecule has 3 aromatic rings. The molecule has 1 aliphatic rings. The minimum absolute atomic E-state index is 0.942. The standard InChI is InChI=1S/C26H34NSi/c1-19-11-12-20(2)25(17-19)26-24-14-13-23(18-21(24)15-16-27(26)3)28(4,5)22-9-7-6-8-10-22/h11-18,22H,6-10H2,1-5H3/q+1. The summed E-state index contributed by atoms with van der Waals surface area (Å²) in [6, 6.07) is 16.5. The zero-order valence-electron chi connectivity index (χ0n) is 18.2. The molecular weight excluding hydrogens is 354 g/mol. The minimum atomic E-state index is -1.43. The van der Waals surface area contributed by atoms with E-state index in [2.05, 4.69) is 87.2 Å².